The number of benzene rings is 1. The van der Waals surface area contributed by atoms with Crippen LogP contribution in [0.1, 0.15) is 10.4 Å². The number of nitro groups is 1. The molecular weight excluding hydrogens is 300 g/mol. The summed E-state index contributed by atoms with van der Waals surface area (Å²) in [4.78, 5) is 29.4. The Morgan fingerprint density at radius 2 is 2.14 bits per heavy atom. The Morgan fingerprint density at radius 1 is 1.38 bits per heavy atom. The first-order valence-electron chi connectivity index (χ1n) is 5.56. The molecule has 21 heavy (non-hydrogen) atoms. The monoisotopic (exact) mass is 308 g/mol. The zero-order chi connectivity index (χ0) is 15.4. The van der Waals surface area contributed by atoms with E-state index in [0.29, 0.717) is 0 Å². The molecule has 0 saturated heterocycles. The molecule has 0 bridgehead atoms. The lowest BCUT2D eigenvalue weighted by Gasteiger charge is -2.09. The van der Waals surface area contributed by atoms with Gasteiger partial charge in [-0.1, -0.05) is 17.7 Å². The first-order chi connectivity index (χ1) is 9.99. The summed E-state index contributed by atoms with van der Waals surface area (Å²) in [7, 11) is 0. The van der Waals surface area contributed by atoms with Crippen LogP contribution in [-0.2, 0) is 0 Å². The van der Waals surface area contributed by atoms with Gasteiger partial charge in [0.1, 0.15) is 12.0 Å². The summed E-state index contributed by atoms with van der Waals surface area (Å²) < 4.78 is 0. The van der Waals surface area contributed by atoms with Gasteiger partial charge in [-0.2, -0.15) is 0 Å². The van der Waals surface area contributed by atoms with Crippen molar-refractivity contribution in [1.29, 1.82) is 0 Å². The van der Waals surface area contributed by atoms with Crippen molar-refractivity contribution < 1.29 is 9.72 Å². The maximum absolute atomic E-state index is 11.9. The van der Waals surface area contributed by atoms with Crippen molar-refractivity contribution in [3.8, 4) is 0 Å². The van der Waals surface area contributed by atoms with Crippen molar-refractivity contribution in [3.05, 3.63) is 51.4 Å². The van der Waals surface area contributed by atoms with Crippen molar-refractivity contribution in [1.82, 2.24) is 15.4 Å². The number of carbonyl (C=O) groups excluding carboxylic acids is 1. The zero-order valence-electron chi connectivity index (χ0n) is 10.4. The number of nitrogen functional groups attached to an aromatic ring is 1. The van der Waals surface area contributed by atoms with E-state index in [4.69, 9.17) is 17.3 Å². The largest absolute Gasteiger partial charge is 0.393 e. The van der Waals surface area contributed by atoms with Gasteiger partial charge in [-0.3, -0.25) is 25.8 Å². The highest BCUT2D eigenvalue weighted by atomic mass is 35.5. The number of hydrogen-bond donors (Lipinski definition) is 3. The average molecular weight is 309 g/mol. The number of non-ortho nitro benzene ring substituents is 1. The molecule has 0 atom stereocenters. The van der Waals surface area contributed by atoms with Crippen LogP contribution in [0.15, 0.2) is 30.6 Å². The molecular formula is C11H9ClN6O3. The van der Waals surface area contributed by atoms with Gasteiger partial charge in [0.2, 0.25) is 0 Å². The normalized spacial score (nSPS) is 9.95. The SMILES string of the molecule is Nc1c(Cl)ncnc1NNC(=O)c1cccc([N+](=O)[O-])c1. The van der Waals surface area contributed by atoms with Gasteiger partial charge < -0.3 is 5.73 Å². The number of carbonyl (C=O) groups is 1. The molecule has 0 fully saturated rings. The molecule has 0 saturated carbocycles. The van der Waals surface area contributed by atoms with Gasteiger partial charge >= 0.3 is 0 Å². The zero-order valence-corrected chi connectivity index (χ0v) is 11.2. The lowest BCUT2D eigenvalue weighted by atomic mass is 10.2. The number of nitrogens with zero attached hydrogens (tertiary/aromatic N) is 3. The Labute approximate surface area is 123 Å². The maximum atomic E-state index is 11.9. The highest BCUT2D eigenvalue weighted by molar-refractivity contribution is 6.32. The maximum Gasteiger partial charge on any atom is 0.270 e. The minimum Gasteiger partial charge on any atom is -0.393 e. The number of nitrogens with one attached hydrogen (secondary N) is 2. The molecule has 2 rings (SSSR count). The Kier molecular flexibility index (Phi) is 4.14. The fraction of sp³-hybridized carbons (Fsp3) is 0. The Balaban J connectivity index is 2.10. The molecule has 1 amide bonds. The molecule has 0 radical (unpaired) electrons. The molecule has 0 unspecified atom stereocenters. The number of amides is 1. The van der Waals surface area contributed by atoms with Crippen LogP contribution in [0.3, 0.4) is 0 Å². The van der Waals surface area contributed by atoms with Crippen LogP contribution in [0.5, 0.6) is 0 Å². The molecule has 1 aromatic heterocycles. The first kappa shape index (κ1) is 14.5. The van der Waals surface area contributed by atoms with Gasteiger partial charge in [-0.05, 0) is 6.07 Å². The van der Waals surface area contributed by atoms with E-state index in [1.165, 1.54) is 24.5 Å². The minimum absolute atomic E-state index is 0.0390. The van der Waals surface area contributed by atoms with Crippen molar-refractivity contribution >= 4 is 34.7 Å². The van der Waals surface area contributed by atoms with E-state index in [2.05, 4.69) is 20.8 Å². The third kappa shape index (κ3) is 3.34. The highest BCUT2D eigenvalue weighted by Gasteiger charge is 2.12. The van der Waals surface area contributed by atoms with Crippen LogP contribution in [0.2, 0.25) is 5.15 Å². The van der Waals surface area contributed by atoms with Crippen molar-refractivity contribution in [2.45, 2.75) is 0 Å². The number of nitro benzene ring substituents is 1. The molecule has 4 N–H and O–H groups in total. The quantitative estimate of drug-likeness (QED) is 0.441. The first-order valence-corrected chi connectivity index (χ1v) is 5.93. The molecule has 0 spiro atoms. The van der Waals surface area contributed by atoms with Gasteiger partial charge in [-0.25, -0.2) is 9.97 Å². The second-order valence-electron chi connectivity index (χ2n) is 3.81. The molecule has 0 aliphatic carbocycles. The van der Waals surface area contributed by atoms with Crippen LogP contribution < -0.4 is 16.6 Å². The average Bonchev–Trinajstić information content (AvgIpc) is 2.48. The number of rotatable bonds is 4. The fourth-order valence-electron chi connectivity index (χ4n) is 1.42. The number of anilines is 2. The standard InChI is InChI=1S/C11H9ClN6O3/c12-9-8(13)10(15-5-14-9)16-17-11(19)6-2-1-3-7(4-6)18(20)21/h1-5H,13H2,(H,17,19)(H,14,15,16). The summed E-state index contributed by atoms with van der Waals surface area (Å²) in [6.07, 6.45) is 1.17. The van der Waals surface area contributed by atoms with E-state index in [9.17, 15) is 14.9 Å². The van der Waals surface area contributed by atoms with Crippen LogP contribution in [0, 0.1) is 10.1 Å². The van der Waals surface area contributed by atoms with E-state index in [0.717, 1.165) is 6.07 Å². The van der Waals surface area contributed by atoms with E-state index < -0.39 is 10.8 Å². The molecule has 0 aliphatic rings. The van der Waals surface area contributed by atoms with Gasteiger partial charge in [-0.15, -0.1) is 0 Å². The van der Waals surface area contributed by atoms with Gasteiger partial charge in [0.15, 0.2) is 11.0 Å². The van der Waals surface area contributed by atoms with E-state index in [1.54, 1.807) is 0 Å². The Hall–Kier alpha value is -2.94. The van der Waals surface area contributed by atoms with Crippen LogP contribution >= 0.6 is 11.6 Å². The smallest absolute Gasteiger partial charge is 0.270 e. The number of nitrogens with two attached hydrogens (primary N) is 1. The summed E-state index contributed by atoms with van der Waals surface area (Å²) in [6, 6.07) is 5.27. The topological polar surface area (TPSA) is 136 Å². The van der Waals surface area contributed by atoms with Crippen molar-refractivity contribution in [2.75, 3.05) is 11.2 Å². The van der Waals surface area contributed by atoms with E-state index >= 15 is 0 Å². The third-order valence-corrected chi connectivity index (χ3v) is 2.75. The lowest BCUT2D eigenvalue weighted by molar-refractivity contribution is -0.384. The molecule has 9 nitrogen and oxygen atoms in total. The van der Waals surface area contributed by atoms with Crippen LogP contribution in [0.4, 0.5) is 17.2 Å². The summed E-state index contributed by atoms with van der Waals surface area (Å²) >= 11 is 5.70. The van der Waals surface area contributed by atoms with Crippen LogP contribution in [-0.4, -0.2) is 20.8 Å². The fourth-order valence-corrected chi connectivity index (χ4v) is 1.56. The summed E-state index contributed by atoms with van der Waals surface area (Å²) in [5, 5.41) is 10.7. The van der Waals surface area contributed by atoms with E-state index in [1.807, 2.05) is 0 Å². The second kappa shape index (κ2) is 6.01. The predicted molar refractivity (Wildman–Crippen MR) is 75.6 cm³/mol. The third-order valence-electron chi connectivity index (χ3n) is 2.45. The Bertz CT molecular complexity index is 708. The van der Waals surface area contributed by atoms with Crippen LogP contribution in [0.25, 0.3) is 0 Å². The van der Waals surface area contributed by atoms with Gasteiger partial charge in [0.05, 0.1) is 4.92 Å². The van der Waals surface area contributed by atoms with Gasteiger partial charge in [0, 0.05) is 17.7 Å². The molecule has 1 aromatic carbocycles. The molecule has 10 heteroatoms. The molecule has 0 aliphatic heterocycles. The van der Waals surface area contributed by atoms with E-state index in [-0.39, 0.29) is 27.9 Å². The number of hydrogen-bond acceptors (Lipinski definition) is 7. The van der Waals surface area contributed by atoms with Crippen molar-refractivity contribution in [2.24, 2.45) is 0 Å². The highest BCUT2D eigenvalue weighted by Crippen LogP contribution is 2.21. The lowest BCUT2D eigenvalue weighted by Crippen LogP contribution is -2.30. The summed E-state index contributed by atoms with van der Waals surface area (Å²) in [6.45, 7) is 0. The molecule has 2 aromatic rings. The van der Waals surface area contributed by atoms with Gasteiger partial charge in [0.25, 0.3) is 11.6 Å². The number of hydrazine groups is 1. The number of aromatic nitrogens is 2. The summed E-state index contributed by atoms with van der Waals surface area (Å²) in [5.74, 6) is -0.471. The second-order valence-corrected chi connectivity index (χ2v) is 4.17. The minimum atomic E-state index is -0.591. The number of halogens is 1. The molecule has 1 heterocycles. The molecule has 108 valence electrons. The predicted octanol–water partition coefficient (Wildman–Crippen LogP) is 1.38. The Morgan fingerprint density at radius 3 is 2.86 bits per heavy atom. The summed E-state index contributed by atoms with van der Waals surface area (Å²) in [5.41, 5.74) is 10.4. The van der Waals surface area contributed by atoms with Crippen molar-refractivity contribution in [3.63, 3.8) is 0 Å².